The Labute approximate surface area is 173 Å². The number of aromatic amines is 1. The monoisotopic (exact) mass is 396 g/mol. The normalized spacial score (nSPS) is 27.0. The molecule has 0 amide bonds. The summed E-state index contributed by atoms with van der Waals surface area (Å²) in [6.07, 6.45) is 5.34. The van der Waals surface area contributed by atoms with Crippen LogP contribution in [0.3, 0.4) is 0 Å². The minimum Gasteiger partial charge on any atom is -0.368 e. The Morgan fingerprint density at radius 2 is 1.57 bits per heavy atom. The van der Waals surface area contributed by atoms with Gasteiger partial charge in [-0.2, -0.15) is 0 Å². The zero-order valence-electron chi connectivity index (χ0n) is 16.7. The molecule has 1 saturated carbocycles. The summed E-state index contributed by atoms with van der Waals surface area (Å²) in [6, 6.07) is 19.7. The maximum atomic E-state index is 6.52. The average molecular weight is 397 g/mol. The summed E-state index contributed by atoms with van der Waals surface area (Å²) >= 11 is 0. The second-order valence-corrected chi connectivity index (χ2v) is 8.41. The number of ether oxygens (including phenoxy) is 1. The van der Waals surface area contributed by atoms with Gasteiger partial charge in [0.05, 0.1) is 12.3 Å². The molecule has 1 spiro atoms. The van der Waals surface area contributed by atoms with Crippen LogP contribution in [0.4, 0.5) is 0 Å². The minimum absolute atomic E-state index is 0. The number of rotatable bonds is 2. The van der Waals surface area contributed by atoms with Crippen molar-refractivity contribution in [2.75, 3.05) is 20.7 Å². The molecule has 0 unspecified atom stereocenters. The Morgan fingerprint density at radius 3 is 2.29 bits per heavy atom. The van der Waals surface area contributed by atoms with Crippen molar-refractivity contribution in [1.29, 1.82) is 0 Å². The number of benzene rings is 2. The van der Waals surface area contributed by atoms with E-state index in [1.54, 1.807) is 0 Å². The van der Waals surface area contributed by atoms with Crippen LogP contribution in [0.2, 0.25) is 0 Å². The van der Waals surface area contributed by atoms with Crippen molar-refractivity contribution in [1.82, 2.24) is 9.88 Å². The zero-order chi connectivity index (χ0) is 18.5. The first-order chi connectivity index (χ1) is 13.1. The summed E-state index contributed by atoms with van der Waals surface area (Å²) in [6.45, 7) is 0.829. The van der Waals surface area contributed by atoms with Crippen molar-refractivity contribution < 1.29 is 4.74 Å². The predicted octanol–water partition coefficient (Wildman–Crippen LogP) is 5.39. The molecule has 1 aliphatic heterocycles. The Morgan fingerprint density at radius 1 is 0.893 bits per heavy atom. The highest BCUT2D eigenvalue weighted by Crippen LogP contribution is 2.52. The van der Waals surface area contributed by atoms with E-state index < -0.39 is 0 Å². The molecule has 28 heavy (non-hydrogen) atoms. The van der Waals surface area contributed by atoms with Crippen LogP contribution in [0.15, 0.2) is 54.6 Å². The Hall–Kier alpha value is -1.81. The Balaban J connectivity index is 0.00000192. The number of H-pyrrole nitrogens is 1. The zero-order valence-corrected chi connectivity index (χ0v) is 17.5. The van der Waals surface area contributed by atoms with Crippen LogP contribution < -0.4 is 0 Å². The first kappa shape index (κ1) is 19.5. The van der Waals surface area contributed by atoms with Crippen LogP contribution in [-0.2, 0) is 22.3 Å². The molecule has 1 N–H and O–H groups in total. The SMILES string of the molecule is CN(C)C1(c2ccccc2)CCC2(CC1)OCCc1c2[nH]c2ccccc12.Cl. The smallest absolute Gasteiger partial charge is 0.108 e. The van der Waals surface area contributed by atoms with Gasteiger partial charge in [0.25, 0.3) is 0 Å². The number of aromatic nitrogens is 1. The highest BCUT2D eigenvalue weighted by molar-refractivity contribution is 5.85. The van der Waals surface area contributed by atoms with E-state index in [0.29, 0.717) is 0 Å². The fraction of sp³-hybridized carbons (Fsp3) is 0.417. The number of nitrogens with one attached hydrogen (secondary N) is 1. The van der Waals surface area contributed by atoms with Crippen molar-refractivity contribution in [2.45, 2.75) is 43.2 Å². The molecule has 4 heteroatoms. The van der Waals surface area contributed by atoms with Crippen molar-refractivity contribution >= 4 is 23.3 Å². The van der Waals surface area contributed by atoms with Crippen LogP contribution in [0, 0.1) is 0 Å². The van der Waals surface area contributed by atoms with Gasteiger partial charge in [-0.05, 0) is 63.4 Å². The van der Waals surface area contributed by atoms with Crippen molar-refractivity contribution in [2.24, 2.45) is 0 Å². The van der Waals surface area contributed by atoms with Gasteiger partial charge in [0.2, 0.25) is 0 Å². The summed E-state index contributed by atoms with van der Waals surface area (Å²) in [4.78, 5) is 6.16. The van der Waals surface area contributed by atoms with Gasteiger partial charge < -0.3 is 9.72 Å². The third-order valence-electron chi connectivity index (χ3n) is 7.05. The van der Waals surface area contributed by atoms with Gasteiger partial charge in [-0.15, -0.1) is 12.4 Å². The number of fused-ring (bicyclic) bond motifs is 4. The second-order valence-electron chi connectivity index (χ2n) is 8.41. The van der Waals surface area contributed by atoms with E-state index in [9.17, 15) is 0 Å². The number of hydrogen-bond acceptors (Lipinski definition) is 2. The van der Waals surface area contributed by atoms with Crippen molar-refractivity contribution in [3.63, 3.8) is 0 Å². The van der Waals surface area contributed by atoms with Gasteiger partial charge in [-0.25, -0.2) is 0 Å². The third kappa shape index (κ3) is 2.80. The molecule has 3 nitrogen and oxygen atoms in total. The molecule has 0 bridgehead atoms. The standard InChI is InChI=1S/C24H28N2O.ClH/c1-26(2)23(18-8-4-3-5-9-18)13-15-24(16-14-23)22-20(12-17-27-24)19-10-6-7-11-21(19)25-22;/h3-11,25H,12-17H2,1-2H3;1H. The molecule has 148 valence electrons. The molecule has 0 atom stereocenters. The number of para-hydroxylation sites is 1. The van der Waals surface area contributed by atoms with E-state index in [2.05, 4.69) is 78.6 Å². The molecule has 2 heterocycles. The van der Waals surface area contributed by atoms with Gasteiger partial charge in [-0.1, -0.05) is 48.5 Å². The average Bonchev–Trinajstić information content (AvgIpc) is 3.10. The number of halogens is 1. The lowest BCUT2D eigenvalue weighted by Crippen LogP contribution is -2.50. The predicted molar refractivity (Wildman–Crippen MR) is 117 cm³/mol. The van der Waals surface area contributed by atoms with Crippen LogP contribution in [-0.4, -0.2) is 30.6 Å². The number of nitrogens with zero attached hydrogens (tertiary/aromatic N) is 1. The van der Waals surface area contributed by atoms with Gasteiger partial charge in [0.15, 0.2) is 0 Å². The van der Waals surface area contributed by atoms with E-state index in [-0.39, 0.29) is 23.5 Å². The highest BCUT2D eigenvalue weighted by Gasteiger charge is 2.49. The third-order valence-corrected chi connectivity index (χ3v) is 7.05. The molecular weight excluding hydrogens is 368 g/mol. The number of hydrogen-bond donors (Lipinski definition) is 1. The molecule has 0 saturated heterocycles. The summed E-state index contributed by atoms with van der Waals surface area (Å²) in [5.74, 6) is 0. The van der Waals surface area contributed by atoms with E-state index in [1.807, 2.05) is 0 Å². The van der Waals surface area contributed by atoms with E-state index in [4.69, 9.17) is 4.74 Å². The van der Waals surface area contributed by atoms with Crippen LogP contribution in [0.1, 0.15) is 42.5 Å². The Kier molecular flexibility index (Phi) is 5.03. The van der Waals surface area contributed by atoms with E-state index >= 15 is 0 Å². The van der Waals surface area contributed by atoms with Crippen molar-refractivity contribution in [3.05, 3.63) is 71.4 Å². The van der Waals surface area contributed by atoms with Gasteiger partial charge in [0.1, 0.15) is 5.60 Å². The summed E-state index contributed by atoms with van der Waals surface area (Å²) in [7, 11) is 4.45. The topological polar surface area (TPSA) is 28.3 Å². The van der Waals surface area contributed by atoms with Gasteiger partial charge in [-0.3, -0.25) is 4.90 Å². The second kappa shape index (κ2) is 7.22. The molecule has 5 rings (SSSR count). The van der Waals surface area contributed by atoms with Gasteiger partial charge >= 0.3 is 0 Å². The fourth-order valence-electron chi connectivity index (χ4n) is 5.47. The van der Waals surface area contributed by atoms with E-state index in [1.165, 1.54) is 27.7 Å². The van der Waals surface area contributed by atoms with Crippen LogP contribution >= 0.6 is 12.4 Å². The maximum absolute atomic E-state index is 6.52. The van der Waals surface area contributed by atoms with E-state index in [0.717, 1.165) is 38.7 Å². The van der Waals surface area contributed by atoms with Crippen molar-refractivity contribution in [3.8, 4) is 0 Å². The summed E-state index contributed by atoms with van der Waals surface area (Å²) in [5.41, 5.74) is 5.45. The molecule has 2 aromatic carbocycles. The molecule has 1 aliphatic carbocycles. The summed E-state index contributed by atoms with van der Waals surface area (Å²) < 4.78 is 6.52. The first-order valence-electron chi connectivity index (χ1n) is 10.1. The maximum Gasteiger partial charge on any atom is 0.108 e. The molecular formula is C24H29ClN2O. The lowest BCUT2D eigenvalue weighted by atomic mass is 9.68. The van der Waals surface area contributed by atoms with Crippen LogP contribution in [0.25, 0.3) is 10.9 Å². The molecule has 1 fully saturated rings. The molecule has 1 aromatic heterocycles. The fourth-order valence-corrected chi connectivity index (χ4v) is 5.47. The lowest BCUT2D eigenvalue weighted by molar-refractivity contribution is -0.113. The molecule has 3 aromatic rings. The first-order valence-corrected chi connectivity index (χ1v) is 10.1. The van der Waals surface area contributed by atoms with Gasteiger partial charge in [0, 0.05) is 16.4 Å². The highest BCUT2D eigenvalue weighted by atomic mass is 35.5. The Bertz CT molecular complexity index is 955. The molecule has 2 aliphatic rings. The minimum atomic E-state index is -0.152. The summed E-state index contributed by atoms with van der Waals surface area (Å²) in [5, 5.41) is 1.38. The molecule has 0 radical (unpaired) electrons. The largest absolute Gasteiger partial charge is 0.368 e. The quantitative estimate of drug-likeness (QED) is 0.629. The lowest BCUT2D eigenvalue weighted by Gasteiger charge is -2.50. The van der Waals surface area contributed by atoms with Crippen LogP contribution in [0.5, 0.6) is 0 Å².